The number of methoxy groups -OCH3 is 1. The highest BCUT2D eigenvalue weighted by Gasteiger charge is 2.23. The third-order valence-corrected chi connectivity index (χ3v) is 5.01. The van der Waals surface area contributed by atoms with Crippen LogP contribution in [0.15, 0.2) is 53.4 Å². The largest absolute Gasteiger partial charge is 0.497 e. The summed E-state index contributed by atoms with van der Waals surface area (Å²) in [5, 5.41) is 0. The van der Waals surface area contributed by atoms with Gasteiger partial charge in [-0.2, -0.15) is 0 Å². The van der Waals surface area contributed by atoms with Gasteiger partial charge in [-0.05, 0) is 49.4 Å². The maximum atomic E-state index is 12.7. The highest BCUT2D eigenvalue weighted by Crippen LogP contribution is 2.26. The Morgan fingerprint density at radius 1 is 1.14 bits per heavy atom. The van der Waals surface area contributed by atoms with E-state index in [1.165, 1.54) is 23.5 Å². The number of nitrogens with two attached hydrogens (primary N) is 1. The van der Waals surface area contributed by atoms with E-state index >= 15 is 0 Å². The topological polar surface area (TPSA) is 72.6 Å². The van der Waals surface area contributed by atoms with Crippen LogP contribution in [0.25, 0.3) is 0 Å². The zero-order chi connectivity index (χ0) is 15.5. The van der Waals surface area contributed by atoms with Crippen LogP contribution in [0.2, 0.25) is 0 Å². The van der Waals surface area contributed by atoms with Crippen molar-refractivity contribution in [2.24, 2.45) is 0 Å². The molecular weight excluding hydrogens is 288 g/mol. The second kappa shape index (κ2) is 6.05. The van der Waals surface area contributed by atoms with Crippen LogP contribution < -0.4 is 14.8 Å². The summed E-state index contributed by atoms with van der Waals surface area (Å²) in [6.45, 7) is 2.10. The summed E-state index contributed by atoms with van der Waals surface area (Å²) in [5.74, 6) is 0.612. The predicted octanol–water partition coefficient (Wildman–Crippen LogP) is 2.49. The fourth-order valence-electron chi connectivity index (χ4n) is 2.05. The van der Waals surface area contributed by atoms with Gasteiger partial charge in [0.05, 0.1) is 17.7 Å². The van der Waals surface area contributed by atoms with Crippen molar-refractivity contribution < 1.29 is 13.2 Å². The van der Waals surface area contributed by atoms with E-state index in [-0.39, 0.29) is 4.90 Å². The molecule has 112 valence electrons. The highest BCUT2D eigenvalue weighted by molar-refractivity contribution is 7.92. The van der Waals surface area contributed by atoms with Gasteiger partial charge in [0.1, 0.15) is 5.75 Å². The first-order valence-corrected chi connectivity index (χ1v) is 7.95. The Morgan fingerprint density at radius 2 is 1.81 bits per heavy atom. The summed E-state index contributed by atoms with van der Waals surface area (Å²) >= 11 is 0. The van der Waals surface area contributed by atoms with Crippen LogP contribution in [0.4, 0.5) is 11.4 Å². The number of hydrogen-bond acceptors (Lipinski definition) is 4. The van der Waals surface area contributed by atoms with E-state index in [9.17, 15) is 8.42 Å². The lowest BCUT2D eigenvalue weighted by Crippen LogP contribution is -2.30. The quantitative estimate of drug-likeness (QED) is 0.861. The molecule has 2 aromatic rings. The molecule has 0 atom stereocenters. The van der Waals surface area contributed by atoms with Crippen molar-refractivity contribution in [2.75, 3.05) is 23.7 Å². The van der Waals surface area contributed by atoms with E-state index in [1.54, 1.807) is 43.3 Å². The van der Waals surface area contributed by atoms with Crippen LogP contribution in [-0.4, -0.2) is 22.1 Å². The van der Waals surface area contributed by atoms with Crippen molar-refractivity contribution in [2.45, 2.75) is 11.8 Å². The Labute approximate surface area is 125 Å². The van der Waals surface area contributed by atoms with Crippen LogP contribution in [-0.2, 0) is 10.0 Å². The third kappa shape index (κ3) is 3.11. The Morgan fingerprint density at radius 3 is 2.33 bits per heavy atom. The molecule has 0 unspecified atom stereocenters. The Hall–Kier alpha value is -2.21. The minimum Gasteiger partial charge on any atom is -0.497 e. The van der Waals surface area contributed by atoms with Gasteiger partial charge in [-0.25, -0.2) is 8.42 Å². The lowest BCUT2D eigenvalue weighted by atomic mass is 10.3. The molecular formula is C15H18N2O3S. The molecule has 0 radical (unpaired) electrons. The van der Waals surface area contributed by atoms with Crippen molar-refractivity contribution in [3.8, 4) is 5.75 Å². The number of benzene rings is 2. The van der Waals surface area contributed by atoms with Gasteiger partial charge in [-0.1, -0.05) is 6.07 Å². The van der Waals surface area contributed by atoms with Crippen LogP contribution in [0.5, 0.6) is 5.75 Å². The molecule has 0 aliphatic heterocycles. The molecule has 0 fully saturated rings. The van der Waals surface area contributed by atoms with Crippen molar-refractivity contribution in [3.63, 3.8) is 0 Å². The smallest absolute Gasteiger partial charge is 0.264 e. The number of nitrogens with zero attached hydrogens (tertiary/aromatic N) is 1. The molecule has 6 heteroatoms. The van der Waals surface area contributed by atoms with Crippen LogP contribution >= 0.6 is 0 Å². The molecule has 0 aliphatic rings. The average molecular weight is 306 g/mol. The zero-order valence-electron chi connectivity index (χ0n) is 12.0. The Kier molecular flexibility index (Phi) is 4.37. The summed E-state index contributed by atoms with van der Waals surface area (Å²) in [5.41, 5.74) is 6.81. The Bertz CT molecular complexity index is 712. The van der Waals surface area contributed by atoms with Crippen molar-refractivity contribution in [3.05, 3.63) is 48.5 Å². The second-order valence-corrected chi connectivity index (χ2v) is 6.30. The van der Waals surface area contributed by atoms with E-state index in [2.05, 4.69) is 0 Å². The van der Waals surface area contributed by atoms with Crippen LogP contribution in [0, 0.1) is 0 Å². The van der Waals surface area contributed by atoms with Crippen LogP contribution in [0.1, 0.15) is 6.92 Å². The van der Waals surface area contributed by atoms with E-state index in [4.69, 9.17) is 10.5 Å². The van der Waals surface area contributed by atoms with E-state index in [1.807, 2.05) is 0 Å². The molecule has 0 aromatic heterocycles. The van der Waals surface area contributed by atoms with Crippen LogP contribution in [0.3, 0.4) is 0 Å². The number of ether oxygens (including phenoxy) is 1. The minimum absolute atomic E-state index is 0.215. The first-order chi connectivity index (χ1) is 9.98. The number of anilines is 2. The number of sulfonamides is 1. The van der Waals surface area contributed by atoms with Gasteiger partial charge in [-0.15, -0.1) is 0 Å². The minimum atomic E-state index is -3.62. The maximum Gasteiger partial charge on any atom is 0.264 e. The first-order valence-electron chi connectivity index (χ1n) is 6.51. The summed E-state index contributed by atoms with van der Waals surface area (Å²) in [4.78, 5) is 0.215. The lowest BCUT2D eigenvalue weighted by molar-refractivity contribution is 0.414. The van der Waals surface area contributed by atoms with Gasteiger partial charge in [0.2, 0.25) is 0 Å². The van der Waals surface area contributed by atoms with E-state index < -0.39 is 10.0 Å². The van der Waals surface area contributed by atoms with Gasteiger partial charge in [0.25, 0.3) is 10.0 Å². The molecule has 0 aliphatic carbocycles. The van der Waals surface area contributed by atoms with E-state index in [0.29, 0.717) is 23.7 Å². The highest BCUT2D eigenvalue weighted by atomic mass is 32.2. The zero-order valence-corrected chi connectivity index (χ0v) is 12.8. The third-order valence-electron chi connectivity index (χ3n) is 3.09. The molecule has 0 bridgehead atoms. The standard InChI is InChI=1S/C15H18N2O3S/c1-3-17(13-6-4-5-12(16)11-13)21(18,19)15-9-7-14(20-2)8-10-15/h4-11H,3,16H2,1-2H3. The van der Waals surface area contributed by atoms with E-state index in [0.717, 1.165) is 0 Å². The molecule has 0 amide bonds. The van der Waals surface area contributed by atoms with Gasteiger partial charge in [0, 0.05) is 12.2 Å². The van der Waals surface area contributed by atoms with Crippen molar-refractivity contribution >= 4 is 21.4 Å². The molecule has 0 saturated carbocycles. The number of rotatable bonds is 5. The fourth-order valence-corrected chi connectivity index (χ4v) is 3.51. The SMILES string of the molecule is CCN(c1cccc(N)c1)S(=O)(=O)c1ccc(OC)cc1. The molecule has 21 heavy (non-hydrogen) atoms. The Balaban J connectivity index is 2.44. The summed E-state index contributed by atoms with van der Waals surface area (Å²) < 4.78 is 31.8. The van der Waals surface area contributed by atoms with Gasteiger partial charge in [0.15, 0.2) is 0 Å². The molecule has 0 heterocycles. The second-order valence-electron chi connectivity index (χ2n) is 4.44. The molecule has 5 nitrogen and oxygen atoms in total. The first kappa shape index (κ1) is 15.2. The summed E-state index contributed by atoms with van der Waals surface area (Å²) in [7, 11) is -2.09. The van der Waals surface area contributed by atoms with Gasteiger partial charge in [-0.3, -0.25) is 4.31 Å². The molecule has 2 aromatic carbocycles. The fraction of sp³-hybridized carbons (Fsp3) is 0.200. The van der Waals surface area contributed by atoms with Gasteiger partial charge < -0.3 is 10.5 Å². The summed E-state index contributed by atoms with van der Waals surface area (Å²) in [6.07, 6.45) is 0. The molecule has 0 saturated heterocycles. The monoisotopic (exact) mass is 306 g/mol. The van der Waals surface area contributed by atoms with Crippen molar-refractivity contribution in [1.82, 2.24) is 0 Å². The normalized spacial score (nSPS) is 11.1. The average Bonchev–Trinajstić information content (AvgIpc) is 2.48. The lowest BCUT2D eigenvalue weighted by Gasteiger charge is -2.23. The van der Waals surface area contributed by atoms with Gasteiger partial charge >= 0.3 is 0 Å². The molecule has 2 N–H and O–H groups in total. The predicted molar refractivity (Wildman–Crippen MR) is 84.1 cm³/mol. The maximum absolute atomic E-state index is 12.7. The molecule has 2 rings (SSSR count). The molecule has 0 spiro atoms. The summed E-state index contributed by atoms with van der Waals surface area (Å²) in [6, 6.07) is 13.1. The number of nitrogen functional groups attached to an aromatic ring is 1. The van der Waals surface area contributed by atoms with Crippen molar-refractivity contribution in [1.29, 1.82) is 0 Å². The number of hydrogen-bond donors (Lipinski definition) is 1.